The van der Waals surface area contributed by atoms with Gasteiger partial charge in [0, 0.05) is 5.54 Å². The van der Waals surface area contributed by atoms with Gasteiger partial charge in [-0.15, -0.1) is 0 Å². The minimum atomic E-state index is -4.96. The molecule has 18 heteroatoms. The van der Waals surface area contributed by atoms with Gasteiger partial charge in [-0.2, -0.15) is 48.3 Å². The fourth-order valence-electron chi connectivity index (χ4n) is 0.0619. The van der Waals surface area contributed by atoms with Crippen LogP contribution >= 0.6 is 69.6 Å². The fraction of sp³-hybridized carbons (Fsp3) is 0.500. The van der Waals surface area contributed by atoms with E-state index in [1.165, 1.54) is 0 Å². The summed E-state index contributed by atoms with van der Waals surface area (Å²) in [6.45, 7) is 5.42. The first-order valence-corrected chi connectivity index (χ1v) is 8.25. The van der Waals surface area contributed by atoms with Crippen molar-refractivity contribution in [3.8, 4) is 0 Å². The monoisotopic (exact) mass is 590 g/mol. The molecule has 0 saturated carbocycles. The molecule has 0 fully saturated rings. The highest BCUT2D eigenvalue weighted by Crippen LogP contribution is 2.36. The molecule has 0 aromatic rings. The summed E-state index contributed by atoms with van der Waals surface area (Å²) in [6.07, 6.45) is -13.9. The molecule has 0 aromatic carbocycles. The maximum atomic E-state index is 11.5. The van der Waals surface area contributed by atoms with Gasteiger partial charge in [0.2, 0.25) is 0 Å². The third kappa shape index (κ3) is 24.4. The molecule has 0 amide bonds. The molecule has 0 radical (unpaired) electrons. The Labute approximate surface area is 192 Å². The van der Waals surface area contributed by atoms with Crippen molar-refractivity contribution < 1.29 is 52.7 Å². The number of allylic oxidation sites excluding steroid dienone is 3. The summed E-state index contributed by atoms with van der Waals surface area (Å²) >= 11 is 26.8. The van der Waals surface area contributed by atoms with Crippen molar-refractivity contribution in [1.29, 1.82) is 0 Å². The van der Waals surface area contributed by atoms with Gasteiger partial charge in [0.05, 0.1) is 5.03 Å². The Kier molecular flexibility index (Phi) is 17.9. The van der Waals surface area contributed by atoms with E-state index in [0.717, 1.165) is 0 Å². The van der Waals surface area contributed by atoms with E-state index >= 15 is 0 Å². The smallest absolute Gasteiger partial charge is 0.216 e. The highest BCUT2D eigenvalue weighted by Gasteiger charge is 2.50. The number of halogens is 18. The van der Waals surface area contributed by atoms with Crippen LogP contribution in [0.5, 0.6) is 0 Å². The van der Waals surface area contributed by atoms with Crippen LogP contribution in [0.4, 0.5) is 52.7 Å². The lowest BCUT2D eigenvalue weighted by Crippen LogP contribution is -2.31. The first kappa shape index (κ1) is 37.4. The van der Waals surface area contributed by atoms with Crippen LogP contribution in [0.3, 0.4) is 0 Å². The van der Waals surface area contributed by atoms with Crippen LogP contribution in [-0.2, 0) is 0 Å². The first-order chi connectivity index (χ1) is 12.6. The van der Waals surface area contributed by atoms with Crippen molar-refractivity contribution in [3.05, 3.63) is 33.8 Å². The average Bonchev–Trinajstić information content (AvgIpc) is 2.43. The van der Waals surface area contributed by atoms with Gasteiger partial charge in [-0.1, -0.05) is 71.2 Å². The predicted molar refractivity (Wildman–Crippen MR) is 94.1 cm³/mol. The summed E-state index contributed by atoms with van der Waals surface area (Å²) in [5.74, 6) is 0. The highest BCUT2D eigenvalue weighted by molar-refractivity contribution is 6.38. The van der Waals surface area contributed by atoms with Crippen LogP contribution in [-0.4, -0.2) is 29.0 Å². The number of rotatable bonds is 1. The van der Waals surface area contributed by atoms with Gasteiger partial charge in [0.25, 0.3) is 5.13 Å². The van der Waals surface area contributed by atoms with Crippen LogP contribution < -0.4 is 0 Å². The zero-order valence-corrected chi connectivity index (χ0v) is 18.3. The molecular weight excluding hydrogens is 585 g/mol. The average molecular weight is 593 g/mol. The van der Waals surface area contributed by atoms with Crippen molar-refractivity contribution in [1.82, 2.24) is 0 Å². The molecule has 1 unspecified atom stereocenters. The molecule has 0 rings (SSSR count). The third-order valence-electron chi connectivity index (χ3n) is 1.48. The number of alkyl halides is 14. The Morgan fingerprint density at radius 2 is 0.867 bits per heavy atom. The summed E-state index contributed by atoms with van der Waals surface area (Å²) in [6, 6.07) is 0. The van der Waals surface area contributed by atoms with E-state index < -0.39 is 44.1 Å². The van der Waals surface area contributed by atoms with E-state index in [9.17, 15) is 52.7 Å². The van der Waals surface area contributed by atoms with Gasteiger partial charge in [-0.3, -0.25) is 0 Å². The van der Waals surface area contributed by atoms with Crippen LogP contribution in [0.2, 0.25) is 0 Å². The minimum Gasteiger partial charge on any atom is -0.216 e. The standard InChI is InChI=1S/C3HCl2F3.C3H2Cl2F2.C3H3ClF4.C3H2ClF3/c4-1-2(5)3(6,7)8;1-2(4)3(5,6)7;1-2(4,5)3(6,7)8;1-2(4)3(5,6)7/h1H;1H2;1H3;1H2. The van der Waals surface area contributed by atoms with E-state index in [4.69, 9.17) is 0 Å². The van der Waals surface area contributed by atoms with Gasteiger partial charge in [0.15, 0.2) is 0 Å². The molecule has 0 spiro atoms. The second-order valence-electron chi connectivity index (χ2n) is 4.15. The Bertz CT molecular complexity index is 512. The zero-order chi connectivity index (χ0) is 25.9. The molecule has 0 bridgehead atoms. The van der Waals surface area contributed by atoms with E-state index in [1.54, 1.807) is 0 Å². The molecule has 30 heavy (non-hydrogen) atoms. The van der Waals surface area contributed by atoms with Crippen molar-refractivity contribution >= 4 is 69.6 Å². The van der Waals surface area contributed by atoms with Crippen molar-refractivity contribution in [2.24, 2.45) is 0 Å². The molecule has 0 saturated heterocycles. The third-order valence-corrected chi connectivity index (χ3v) is 3.12. The van der Waals surface area contributed by atoms with Gasteiger partial charge in [-0.25, -0.2) is 4.39 Å². The zero-order valence-electron chi connectivity index (χ0n) is 13.8. The second kappa shape index (κ2) is 14.3. The Morgan fingerprint density at radius 1 is 0.667 bits per heavy atom. The van der Waals surface area contributed by atoms with Gasteiger partial charge < -0.3 is 0 Å². The van der Waals surface area contributed by atoms with Gasteiger partial charge in [0.1, 0.15) is 10.1 Å². The summed E-state index contributed by atoms with van der Waals surface area (Å²) in [5.41, 5.74) is 0.279. The number of hydrogen-bond donors (Lipinski definition) is 0. The molecule has 182 valence electrons. The van der Waals surface area contributed by atoms with Crippen molar-refractivity contribution in [3.63, 3.8) is 0 Å². The predicted octanol–water partition coefficient (Wildman–Crippen LogP) is 10.2. The maximum absolute atomic E-state index is 11.5. The normalized spacial score (nSPS) is 14.6. The van der Waals surface area contributed by atoms with E-state index in [0.29, 0.717) is 0 Å². The Hall–Kier alpha value is 0.120. The molecule has 0 aliphatic heterocycles. The fourth-order valence-corrected chi connectivity index (χ4v) is 0.186. The SMILES string of the molecule is C=C(Cl)C(F)(F)Cl.C=C(Cl)C(F)(F)F.CC(F)(Cl)C(F)(F)F.FC(F)(F)C(Cl)=CCl. The number of hydrogen-bond acceptors (Lipinski definition) is 0. The summed E-state index contributed by atoms with van der Waals surface area (Å²) in [4.78, 5) is 0. The lowest BCUT2D eigenvalue weighted by atomic mass is 10.4. The highest BCUT2D eigenvalue weighted by atomic mass is 35.5. The topological polar surface area (TPSA) is 0 Å². The van der Waals surface area contributed by atoms with E-state index in [2.05, 4.69) is 82.8 Å². The molecule has 0 N–H and O–H groups in total. The lowest BCUT2D eigenvalue weighted by Gasteiger charge is -2.14. The second-order valence-corrected chi connectivity index (χ2v) is 6.87. The lowest BCUT2D eigenvalue weighted by molar-refractivity contribution is -0.192. The minimum absolute atomic E-state index is 0.245. The quantitative estimate of drug-likeness (QED) is 0.210. The molecule has 0 aliphatic rings. The largest absolute Gasteiger partial charge is 0.436 e. The summed E-state index contributed by atoms with van der Waals surface area (Å²) in [7, 11) is 0. The summed E-state index contributed by atoms with van der Waals surface area (Å²) in [5, 5.41) is -10.5. The van der Waals surface area contributed by atoms with Crippen LogP contribution in [0.1, 0.15) is 6.92 Å². The molecule has 1 atom stereocenters. The van der Waals surface area contributed by atoms with E-state index in [1.807, 2.05) is 0 Å². The molecule has 0 aliphatic carbocycles. The Balaban J connectivity index is -0.000000151. The van der Waals surface area contributed by atoms with Crippen molar-refractivity contribution in [2.45, 2.75) is 36.0 Å². The first-order valence-electron chi connectivity index (χ1n) is 5.93. The maximum Gasteiger partial charge on any atom is 0.436 e. The molecular formula is C12H8Cl6F12. The van der Waals surface area contributed by atoms with E-state index in [-0.39, 0.29) is 12.5 Å². The molecule has 0 aromatic heterocycles. The van der Waals surface area contributed by atoms with Gasteiger partial charge in [-0.05, 0) is 18.5 Å². The summed E-state index contributed by atoms with van der Waals surface area (Å²) < 4.78 is 134. The van der Waals surface area contributed by atoms with Crippen LogP contribution in [0.25, 0.3) is 0 Å². The van der Waals surface area contributed by atoms with Gasteiger partial charge >= 0.3 is 23.9 Å². The van der Waals surface area contributed by atoms with Crippen molar-refractivity contribution in [2.75, 3.05) is 0 Å². The molecule has 0 heterocycles. The van der Waals surface area contributed by atoms with Crippen LogP contribution in [0.15, 0.2) is 33.8 Å². The van der Waals surface area contributed by atoms with Crippen LogP contribution in [0, 0.1) is 0 Å². The Morgan fingerprint density at radius 3 is 0.867 bits per heavy atom. The molecule has 0 nitrogen and oxygen atoms in total.